The van der Waals surface area contributed by atoms with E-state index in [4.69, 9.17) is 15.4 Å². The Hall–Kier alpha value is -4.70. The van der Waals surface area contributed by atoms with Gasteiger partial charge in [-0.15, -0.1) is 16.9 Å². The fourth-order valence-corrected chi connectivity index (χ4v) is 6.98. The van der Waals surface area contributed by atoms with Crippen LogP contribution in [0.15, 0.2) is 38.6 Å². The zero-order valence-electron chi connectivity index (χ0n) is 22.8. The number of tetrazole rings is 1. The summed E-state index contributed by atoms with van der Waals surface area (Å²) in [5.41, 5.74) is 5.32. The van der Waals surface area contributed by atoms with Gasteiger partial charge in [0.05, 0.1) is 18.4 Å². The van der Waals surface area contributed by atoms with Gasteiger partial charge in [-0.1, -0.05) is 16.9 Å². The van der Waals surface area contributed by atoms with Gasteiger partial charge in [-0.05, 0) is 22.9 Å². The van der Waals surface area contributed by atoms with Crippen LogP contribution in [0.1, 0.15) is 18.4 Å². The van der Waals surface area contributed by atoms with Crippen LogP contribution in [-0.4, -0.2) is 110 Å². The number of pyridine rings is 1. The number of hydrogen-bond donors (Lipinski definition) is 4. The number of β-lactam (4-membered cyclic amide) rings is 1. The van der Waals surface area contributed by atoms with Crippen molar-refractivity contribution in [1.82, 2.24) is 44.5 Å². The number of aliphatic carboxylic acids is 1. The maximum atomic E-state index is 13.2. The highest BCUT2D eigenvalue weighted by Gasteiger charge is 2.54. The van der Waals surface area contributed by atoms with Crippen molar-refractivity contribution in [1.29, 1.82) is 0 Å². The third kappa shape index (κ3) is 6.03. The van der Waals surface area contributed by atoms with E-state index in [2.05, 4.69) is 35.4 Å². The van der Waals surface area contributed by atoms with E-state index in [9.17, 15) is 29.4 Å². The van der Waals surface area contributed by atoms with Gasteiger partial charge in [-0.3, -0.25) is 19.3 Å². The van der Waals surface area contributed by atoms with Gasteiger partial charge in [-0.2, -0.15) is 14.1 Å². The zero-order valence-corrected chi connectivity index (χ0v) is 25.3. The van der Waals surface area contributed by atoms with E-state index in [0.717, 1.165) is 34.4 Å². The minimum atomic E-state index is -1.31. The molecule has 44 heavy (non-hydrogen) atoms. The average Bonchev–Trinajstić information content (AvgIpc) is 3.64. The number of nitrogen functional groups attached to an aromatic ring is 1. The van der Waals surface area contributed by atoms with Crippen LogP contribution < -0.4 is 21.3 Å². The molecular formula is C22H23N11O8S3. The molecule has 5 heterocycles. The summed E-state index contributed by atoms with van der Waals surface area (Å²) >= 11 is 3.26. The molecule has 2 aliphatic heterocycles. The first kappa shape index (κ1) is 30.7. The minimum Gasteiger partial charge on any atom is -0.503 e. The summed E-state index contributed by atoms with van der Waals surface area (Å²) in [6.45, 7) is 1.83. The van der Waals surface area contributed by atoms with E-state index in [1.165, 1.54) is 34.4 Å². The molecular weight excluding hydrogens is 643 g/mol. The summed E-state index contributed by atoms with van der Waals surface area (Å²) in [6.07, 6.45) is 1.12. The number of nitrogens with two attached hydrogens (primary N) is 1. The van der Waals surface area contributed by atoms with Crippen LogP contribution in [0.3, 0.4) is 0 Å². The second kappa shape index (κ2) is 12.9. The number of oxime groups is 1. The summed E-state index contributed by atoms with van der Waals surface area (Å²) in [4.78, 5) is 65.7. The number of aromatic nitrogens is 7. The van der Waals surface area contributed by atoms with Gasteiger partial charge in [0.15, 0.2) is 10.9 Å². The molecule has 5 rings (SSSR count). The monoisotopic (exact) mass is 665 g/mol. The standard InChI is InChI=1S/C22H23N11O8S3/c1-3-41-27-13(16-25-21(23)44-28-16)17(36)24-14-18(37)33-15(20(38)39)9(7-42-19(14)33)8-43-22-26-29-30-31(22)5-10-4-11(34)12(35)6-32(10)40-2/h4,6,14,19,35H,3,5,7-8H2,1-2H3,(H,24,36)(H,38,39)(H2,23,25,28)/t14-,19+/m1/s1. The van der Waals surface area contributed by atoms with Crippen LogP contribution in [0.4, 0.5) is 5.13 Å². The fraction of sp³-hybridized carbons (Fsp3) is 0.364. The predicted octanol–water partition coefficient (Wildman–Crippen LogP) is -1.65. The van der Waals surface area contributed by atoms with Crippen molar-refractivity contribution in [3.63, 3.8) is 0 Å². The summed E-state index contributed by atoms with van der Waals surface area (Å²) in [7, 11) is 1.35. The van der Waals surface area contributed by atoms with Gasteiger partial charge in [0.2, 0.25) is 22.1 Å². The molecule has 19 nitrogen and oxygen atoms in total. The molecule has 0 spiro atoms. The number of aromatic hydroxyl groups is 1. The van der Waals surface area contributed by atoms with Crippen LogP contribution in [-0.2, 0) is 25.8 Å². The van der Waals surface area contributed by atoms with Crippen LogP contribution >= 0.6 is 35.1 Å². The Morgan fingerprint density at radius 1 is 1.34 bits per heavy atom. The van der Waals surface area contributed by atoms with Gasteiger partial charge >= 0.3 is 5.97 Å². The van der Waals surface area contributed by atoms with E-state index >= 15 is 0 Å². The number of amides is 2. The molecule has 3 aromatic rings. The lowest BCUT2D eigenvalue weighted by Gasteiger charge is -2.49. The number of thioether (sulfide) groups is 2. The lowest BCUT2D eigenvalue weighted by atomic mass is 10.0. The minimum absolute atomic E-state index is 0.00391. The molecule has 0 unspecified atom stereocenters. The molecule has 0 aromatic carbocycles. The molecule has 22 heteroatoms. The first-order valence-corrected chi connectivity index (χ1v) is 15.3. The largest absolute Gasteiger partial charge is 0.503 e. The molecule has 0 saturated carbocycles. The molecule has 2 amide bonds. The Labute approximate surface area is 259 Å². The van der Waals surface area contributed by atoms with E-state index in [1.54, 1.807) is 6.92 Å². The van der Waals surface area contributed by atoms with Crippen molar-refractivity contribution in [2.45, 2.75) is 30.0 Å². The SMILES string of the molecule is CCON=C(C(=O)N[C@@H]1C(=O)N2C(C(=O)O)=C(CSc3nnnn3Cc3cc(=O)c(O)cn3OC)CS[C@@H]12)c1nsc(N)n1. The fourth-order valence-electron chi connectivity index (χ4n) is 4.18. The number of rotatable bonds is 12. The third-order valence-corrected chi connectivity index (χ3v) is 9.07. The number of carbonyl (C=O) groups is 3. The van der Waals surface area contributed by atoms with Crippen molar-refractivity contribution in [3.8, 4) is 5.75 Å². The van der Waals surface area contributed by atoms with Crippen LogP contribution in [0.25, 0.3) is 0 Å². The van der Waals surface area contributed by atoms with Crippen molar-refractivity contribution in [2.75, 3.05) is 31.0 Å². The smallest absolute Gasteiger partial charge is 0.352 e. The molecule has 232 valence electrons. The number of nitrogens with one attached hydrogen (secondary N) is 1. The van der Waals surface area contributed by atoms with Gasteiger partial charge in [0.25, 0.3) is 11.8 Å². The number of fused-ring (bicyclic) bond motifs is 1. The van der Waals surface area contributed by atoms with E-state index < -0.39 is 40.4 Å². The number of carboxylic acid groups (broad SMARTS) is 1. The molecule has 2 aliphatic rings. The lowest BCUT2D eigenvalue weighted by Crippen LogP contribution is -2.71. The molecule has 5 N–H and O–H groups in total. The highest BCUT2D eigenvalue weighted by atomic mass is 32.2. The van der Waals surface area contributed by atoms with Gasteiger partial charge in [0.1, 0.15) is 30.8 Å². The van der Waals surface area contributed by atoms with Crippen molar-refractivity contribution >= 4 is 63.7 Å². The molecule has 1 saturated heterocycles. The summed E-state index contributed by atoms with van der Waals surface area (Å²) in [5, 5.41) is 37.3. The van der Waals surface area contributed by atoms with Crippen molar-refractivity contribution in [2.24, 2.45) is 5.16 Å². The molecule has 3 aromatic heterocycles. The molecule has 0 radical (unpaired) electrons. The molecule has 0 aliphatic carbocycles. The first-order chi connectivity index (χ1) is 21.1. The Bertz CT molecular complexity index is 1740. The van der Waals surface area contributed by atoms with Crippen molar-refractivity contribution < 1.29 is 34.3 Å². The second-order valence-corrected chi connectivity index (χ2v) is 11.7. The predicted molar refractivity (Wildman–Crippen MR) is 155 cm³/mol. The Balaban J connectivity index is 1.30. The van der Waals surface area contributed by atoms with Crippen molar-refractivity contribution in [3.05, 3.63) is 45.3 Å². The lowest BCUT2D eigenvalue weighted by molar-refractivity contribution is -0.150. The Morgan fingerprint density at radius 2 is 2.14 bits per heavy atom. The number of anilines is 1. The zero-order chi connectivity index (χ0) is 31.5. The molecule has 2 atom stereocenters. The van der Waals surface area contributed by atoms with Gasteiger partial charge in [0, 0.05) is 29.1 Å². The average molecular weight is 666 g/mol. The van der Waals surface area contributed by atoms with Crippen LogP contribution in [0, 0.1) is 0 Å². The number of nitrogens with zero attached hydrogens (tertiary/aromatic N) is 9. The Morgan fingerprint density at radius 3 is 2.82 bits per heavy atom. The molecule has 1 fully saturated rings. The highest BCUT2D eigenvalue weighted by Crippen LogP contribution is 2.41. The van der Waals surface area contributed by atoms with Crippen LogP contribution in [0.2, 0.25) is 0 Å². The summed E-state index contributed by atoms with van der Waals surface area (Å²) in [6, 6.07) is 0.145. The summed E-state index contributed by atoms with van der Waals surface area (Å²) in [5.74, 6) is -2.91. The normalized spacial score (nSPS) is 18.1. The van der Waals surface area contributed by atoms with E-state index in [0.29, 0.717) is 16.4 Å². The van der Waals surface area contributed by atoms with E-state index in [-0.39, 0.29) is 47.0 Å². The Kier molecular flexibility index (Phi) is 9.01. The van der Waals surface area contributed by atoms with Crippen LogP contribution in [0.5, 0.6) is 5.75 Å². The second-order valence-electron chi connectivity index (χ2n) is 8.86. The molecule has 0 bridgehead atoms. The third-order valence-electron chi connectivity index (χ3n) is 6.15. The number of carboxylic acids is 1. The quantitative estimate of drug-likeness (QED) is 0.0731. The topological polar surface area (TPSA) is 255 Å². The first-order valence-electron chi connectivity index (χ1n) is 12.5. The summed E-state index contributed by atoms with van der Waals surface area (Å²) < 4.78 is 6.54. The van der Waals surface area contributed by atoms with Gasteiger partial charge < -0.3 is 30.9 Å². The number of carbonyl (C=O) groups excluding carboxylic acids is 2. The van der Waals surface area contributed by atoms with E-state index in [1.807, 2.05) is 0 Å². The number of hydrogen-bond acceptors (Lipinski definition) is 17. The van der Waals surface area contributed by atoms with Gasteiger partial charge in [-0.25, -0.2) is 9.48 Å². The maximum absolute atomic E-state index is 13.2. The maximum Gasteiger partial charge on any atom is 0.352 e. The highest BCUT2D eigenvalue weighted by molar-refractivity contribution is 8.01.